The average molecular weight is 324 g/mol. The maximum absolute atomic E-state index is 6.67. The second-order valence-corrected chi connectivity index (χ2v) is 6.48. The molecule has 1 aliphatic rings. The molecule has 3 heteroatoms. The minimum Gasteiger partial charge on any atom is -0.457 e. The van der Waals surface area contributed by atoms with E-state index in [-0.39, 0.29) is 0 Å². The zero-order chi connectivity index (χ0) is 15.8. The van der Waals surface area contributed by atoms with E-state index in [1.807, 2.05) is 49.4 Å². The van der Waals surface area contributed by atoms with Gasteiger partial charge in [0.25, 0.3) is 0 Å². The lowest BCUT2D eigenvalue weighted by molar-refractivity contribution is 0.479. The predicted molar refractivity (Wildman–Crippen MR) is 94.6 cm³/mol. The van der Waals surface area contributed by atoms with E-state index in [0.29, 0.717) is 0 Å². The maximum Gasteiger partial charge on any atom is 0.130 e. The first kappa shape index (κ1) is 14.5. The van der Waals surface area contributed by atoms with Crippen LogP contribution in [0.3, 0.4) is 0 Å². The minimum atomic E-state index is 0.797. The van der Waals surface area contributed by atoms with E-state index in [1.165, 1.54) is 24.1 Å². The fourth-order valence-electron chi connectivity index (χ4n) is 3.21. The van der Waals surface area contributed by atoms with E-state index in [9.17, 15) is 0 Å². The summed E-state index contributed by atoms with van der Waals surface area (Å²) in [6, 6.07) is 14.0. The number of hydrogen-bond donors (Lipinski definition) is 0. The van der Waals surface area contributed by atoms with Gasteiger partial charge < -0.3 is 4.74 Å². The molecule has 0 N–H and O–H groups in total. The molecule has 0 aliphatic heterocycles. The molecule has 1 aromatic heterocycles. The van der Waals surface area contributed by atoms with E-state index in [1.54, 1.807) is 0 Å². The fourth-order valence-corrected chi connectivity index (χ4v) is 3.56. The Morgan fingerprint density at radius 1 is 1.04 bits per heavy atom. The highest BCUT2D eigenvalue weighted by Crippen LogP contribution is 2.35. The minimum absolute atomic E-state index is 0.797. The van der Waals surface area contributed by atoms with Crippen LogP contribution in [0.25, 0.3) is 10.9 Å². The third-order valence-electron chi connectivity index (χ3n) is 4.48. The van der Waals surface area contributed by atoms with E-state index in [0.717, 1.165) is 45.8 Å². The maximum atomic E-state index is 6.67. The van der Waals surface area contributed by atoms with E-state index < -0.39 is 0 Å². The molecule has 2 nitrogen and oxygen atoms in total. The van der Waals surface area contributed by atoms with Crippen LogP contribution in [0.1, 0.15) is 29.7 Å². The van der Waals surface area contributed by atoms with Gasteiger partial charge >= 0.3 is 0 Å². The van der Waals surface area contributed by atoms with Crippen molar-refractivity contribution in [1.82, 2.24) is 4.98 Å². The van der Waals surface area contributed by atoms with Crippen molar-refractivity contribution < 1.29 is 4.74 Å². The molecule has 116 valence electrons. The topological polar surface area (TPSA) is 22.1 Å². The van der Waals surface area contributed by atoms with Gasteiger partial charge in [-0.25, -0.2) is 0 Å². The van der Waals surface area contributed by atoms with E-state index in [2.05, 4.69) is 0 Å². The van der Waals surface area contributed by atoms with Crippen molar-refractivity contribution >= 4 is 22.5 Å². The van der Waals surface area contributed by atoms with Crippen molar-refractivity contribution in [3.05, 3.63) is 64.3 Å². The van der Waals surface area contributed by atoms with Crippen molar-refractivity contribution in [3.63, 3.8) is 0 Å². The van der Waals surface area contributed by atoms with Crippen LogP contribution in [0.4, 0.5) is 0 Å². The Morgan fingerprint density at radius 3 is 2.74 bits per heavy atom. The van der Waals surface area contributed by atoms with Gasteiger partial charge in [0.05, 0.1) is 10.5 Å². The number of nitrogens with zero attached hydrogens (tertiary/aromatic N) is 1. The molecule has 4 rings (SSSR count). The van der Waals surface area contributed by atoms with Gasteiger partial charge in [-0.1, -0.05) is 29.8 Å². The van der Waals surface area contributed by atoms with Gasteiger partial charge in [0, 0.05) is 11.1 Å². The summed E-state index contributed by atoms with van der Waals surface area (Å²) in [4.78, 5) is 4.80. The highest BCUT2D eigenvalue weighted by atomic mass is 35.5. The van der Waals surface area contributed by atoms with Gasteiger partial charge in [-0.2, -0.15) is 0 Å². The van der Waals surface area contributed by atoms with Crippen LogP contribution in [0.5, 0.6) is 11.5 Å². The summed E-state index contributed by atoms with van der Waals surface area (Å²) in [6.07, 6.45) is 4.46. The van der Waals surface area contributed by atoms with Crippen LogP contribution in [-0.4, -0.2) is 4.98 Å². The Balaban J connectivity index is 1.78. The third kappa shape index (κ3) is 2.68. The number of rotatable bonds is 2. The number of halogens is 1. The molecule has 1 aliphatic carbocycles. The number of fused-ring (bicyclic) bond motifs is 2. The van der Waals surface area contributed by atoms with Crippen molar-refractivity contribution in [2.45, 2.75) is 32.6 Å². The number of ether oxygens (including phenoxy) is 1. The number of para-hydroxylation sites is 1. The normalized spacial score (nSPS) is 13.8. The van der Waals surface area contributed by atoms with Gasteiger partial charge in [0.2, 0.25) is 0 Å². The molecular weight excluding hydrogens is 306 g/mol. The SMILES string of the molecule is Cc1ccccc1Oc1ccc2nc3c(c(Cl)c2c1)CCCC3. The number of hydrogen-bond acceptors (Lipinski definition) is 2. The zero-order valence-electron chi connectivity index (χ0n) is 13.1. The number of aromatic nitrogens is 1. The Morgan fingerprint density at radius 2 is 1.87 bits per heavy atom. The smallest absolute Gasteiger partial charge is 0.130 e. The lowest BCUT2D eigenvalue weighted by Crippen LogP contribution is -2.06. The first-order valence-corrected chi connectivity index (χ1v) is 8.44. The summed E-state index contributed by atoms with van der Waals surface area (Å²) in [6.45, 7) is 2.04. The van der Waals surface area contributed by atoms with E-state index >= 15 is 0 Å². The number of pyridine rings is 1. The molecule has 0 spiro atoms. The largest absolute Gasteiger partial charge is 0.457 e. The van der Waals surface area contributed by atoms with E-state index in [4.69, 9.17) is 21.3 Å². The molecule has 0 bridgehead atoms. The Hall–Kier alpha value is -2.06. The lowest BCUT2D eigenvalue weighted by Gasteiger charge is -2.18. The number of aryl methyl sites for hydroxylation is 2. The highest BCUT2D eigenvalue weighted by molar-refractivity contribution is 6.36. The van der Waals surface area contributed by atoms with Crippen LogP contribution < -0.4 is 4.74 Å². The summed E-state index contributed by atoms with van der Waals surface area (Å²) in [5.74, 6) is 1.67. The molecule has 0 unspecified atom stereocenters. The summed E-state index contributed by atoms with van der Waals surface area (Å²) >= 11 is 6.67. The Kier molecular flexibility index (Phi) is 3.70. The molecule has 23 heavy (non-hydrogen) atoms. The first-order valence-electron chi connectivity index (χ1n) is 8.07. The fraction of sp³-hybridized carbons (Fsp3) is 0.250. The Bertz CT molecular complexity index is 888. The van der Waals surface area contributed by atoms with Crippen LogP contribution in [-0.2, 0) is 12.8 Å². The van der Waals surface area contributed by atoms with Crippen LogP contribution in [0.15, 0.2) is 42.5 Å². The van der Waals surface area contributed by atoms with Gasteiger partial charge in [0.15, 0.2) is 0 Å². The standard InChI is InChI=1S/C20H18ClNO/c1-13-6-2-5-9-19(13)23-14-10-11-18-16(12-14)20(21)15-7-3-4-8-17(15)22-18/h2,5-6,9-12H,3-4,7-8H2,1H3. The second-order valence-electron chi connectivity index (χ2n) is 6.10. The zero-order valence-corrected chi connectivity index (χ0v) is 13.9. The molecule has 0 fully saturated rings. The molecule has 0 radical (unpaired) electrons. The van der Waals surface area contributed by atoms with Gasteiger partial charge in [-0.3, -0.25) is 4.98 Å². The van der Waals surface area contributed by atoms with Crippen molar-refractivity contribution in [2.75, 3.05) is 0 Å². The Labute approximate surface area is 141 Å². The summed E-state index contributed by atoms with van der Waals surface area (Å²) < 4.78 is 6.03. The first-order chi connectivity index (χ1) is 11.2. The quantitative estimate of drug-likeness (QED) is 0.588. The van der Waals surface area contributed by atoms with Crippen LogP contribution in [0, 0.1) is 6.92 Å². The molecule has 1 heterocycles. The van der Waals surface area contributed by atoms with Crippen molar-refractivity contribution in [1.29, 1.82) is 0 Å². The molecule has 0 saturated heterocycles. The number of benzene rings is 2. The van der Waals surface area contributed by atoms with Crippen molar-refractivity contribution in [2.24, 2.45) is 0 Å². The highest BCUT2D eigenvalue weighted by Gasteiger charge is 2.17. The molecule has 0 amide bonds. The monoisotopic (exact) mass is 323 g/mol. The summed E-state index contributed by atoms with van der Waals surface area (Å²) in [5.41, 5.74) is 4.45. The predicted octanol–water partition coefficient (Wildman–Crippen LogP) is 5.87. The van der Waals surface area contributed by atoms with Gasteiger partial charge in [0.1, 0.15) is 11.5 Å². The van der Waals surface area contributed by atoms with Crippen LogP contribution in [0.2, 0.25) is 5.02 Å². The van der Waals surface area contributed by atoms with Gasteiger partial charge in [-0.15, -0.1) is 0 Å². The van der Waals surface area contributed by atoms with Gasteiger partial charge in [-0.05, 0) is 68.0 Å². The lowest BCUT2D eigenvalue weighted by atomic mass is 9.94. The summed E-state index contributed by atoms with van der Waals surface area (Å²) in [7, 11) is 0. The molecule has 0 atom stereocenters. The van der Waals surface area contributed by atoms with Crippen molar-refractivity contribution in [3.8, 4) is 11.5 Å². The second kappa shape index (κ2) is 5.86. The molecule has 0 saturated carbocycles. The van der Waals surface area contributed by atoms with Crippen LogP contribution >= 0.6 is 11.6 Å². The summed E-state index contributed by atoms with van der Waals surface area (Å²) in [5, 5.41) is 1.83. The molecular formula is C20H18ClNO. The molecule has 2 aromatic carbocycles. The third-order valence-corrected chi connectivity index (χ3v) is 4.92. The average Bonchev–Trinajstić information content (AvgIpc) is 2.58. The molecule has 3 aromatic rings.